The van der Waals surface area contributed by atoms with Gasteiger partial charge in [-0.2, -0.15) is 0 Å². The van der Waals surface area contributed by atoms with Crippen molar-refractivity contribution < 1.29 is 0 Å². The van der Waals surface area contributed by atoms with Crippen molar-refractivity contribution in [2.24, 2.45) is 4.99 Å². The first kappa shape index (κ1) is 15.0. The molecule has 0 radical (unpaired) electrons. The van der Waals surface area contributed by atoms with Crippen molar-refractivity contribution in [2.45, 2.75) is 27.7 Å². The second-order valence-electron chi connectivity index (χ2n) is 5.41. The van der Waals surface area contributed by atoms with Crippen LogP contribution < -0.4 is 5.32 Å². The van der Waals surface area contributed by atoms with E-state index in [0.717, 1.165) is 22.8 Å². The summed E-state index contributed by atoms with van der Waals surface area (Å²) in [6.45, 7) is 8.23. The quantitative estimate of drug-likeness (QED) is 0.743. The summed E-state index contributed by atoms with van der Waals surface area (Å²) in [6, 6.07) is 16.6. The molecular formula is C19H22N2. The van der Waals surface area contributed by atoms with Crippen LogP contribution in [0.25, 0.3) is 0 Å². The Kier molecular flexibility index (Phi) is 4.94. The molecule has 0 atom stereocenters. The Balaban J connectivity index is 2.06. The molecule has 0 spiro atoms. The summed E-state index contributed by atoms with van der Waals surface area (Å²) >= 11 is 0. The minimum atomic E-state index is 0.982. The largest absolute Gasteiger partial charge is 0.359 e. The molecule has 2 aromatic carbocycles. The van der Waals surface area contributed by atoms with E-state index in [0.29, 0.717) is 0 Å². The van der Waals surface area contributed by atoms with Crippen LogP contribution in [0.5, 0.6) is 0 Å². The maximum absolute atomic E-state index is 4.60. The van der Waals surface area contributed by atoms with Crippen LogP contribution >= 0.6 is 0 Å². The van der Waals surface area contributed by atoms with Gasteiger partial charge in [0.25, 0.3) is 0 Å². The minimum Gasteiger partial charge on any atom is -0.359 e. The van der Waals surface area contributed by atoms with E-state index in [2.05, 4.69) is 66.6 Å². The second-order valence-corrected chi connectivity index (χ2v) is 5.41. The van der Waals surface area contributed by atoms with Gasteiger partial charge in [-0.3, -0.25) is 4.99 Å². The van der Waals surface area contributed by atoms with Crippen molar-refractivity contribution in [3.63, 3.8) is 0 Å². The number of hydrogen-bond acceptors (Lipinski definition) is 2. The normalized spacial score (nSPS) is 12.4. The SMILES string of the molecule is CC(/C=C(\C)Nc1ccc(C)cc1)=Nc1ccc(C)cc1. The Morgan fingerprint density at radius 1 is 0.857 bits per heavy atom. The Hall–Kier alpha value is -2.35. The second kappa shape index (κ2) is 6.89. The maximum atomic E-state index is 4.60. The van der Waals surface area contributed by atoms with Gasteiger partial charge in [0.2, 0.25) is 0 Å². The molecule has 2 heteroatoms. The lowest BCUT2D eigenvalue weighted by Crippen LogP contribution is -1.98. The van der Waals surface area contributed by atoms with E-state index in [1.807, 2.05) is 26.0 Å². The molecule has 108 valence electrons. The van der Waals surface area contributed by atoms with Crippen LogP contribution in [-0.2, 0) is 0 Å². The van der Waals surface area contributed by atoms with E-state index in [1.165, 1.54) is 11.1 Å². The fraction of sp³-hybridized carbons (Fsp3) is 0.211. The molecule has 0 unspecified atom stereocenters. The molecule has 21 heavy (non-hydrogen) atoms. The lowest BCUT2D eigenvalue weighted by molar-refractivity contribution is 1.36. The first-order valence-electron chi connectivity index (χ1n) is 7.17. The van der Waals surface area contributed by atoms with Crippen molar-refractivity contribution in [3.8, 4) is 0 Å². The van der Waals surface area contributed by atoms with Gasteiger partial charge in [-0.15, -0.1) is 0 Å². The van der Waals surface area contributed by atoms with Crippen LogP contribution in [0.15, 0.2) is 65.3 Å². The molecule has 0 saturated heterocycles. The lowest BCUT2D eigenvalue weighted by Gasteiger charge is -2.07. The zero-order chi connectivity index (χ0) is 15.2. The highest BCUT2D eigenvalue weighted by atomic mass is 14.9. The number of anilines is 1. The lowest BCUT2D eigenvalue weighted by atomic mass is 10.2. The molecule has 0 bridgehead atoms. The third-order valence-corrected chi connectivity index (χ3v) is 3.16. The van der Waals surface area contributed by atoms with Gasteiger partial charge >= 0.3 is 0 Å². The fourth-order valence-electron chi connectivity index (χ4n) is 2.07. The van der Waals surface area contributed by atoms with E-state index < -0.39 is 0 Å². The standard InChI is InChI=1S/C19H22N2/c1-14-5-9-18(10-6-14)20-16(3)13-17(4)21-19-11-7-15(2)8-12-19/h5-13,20H,1-4H3/b16-13+,21-17?. The Morgan fingerprint density at radius 3 is 1.95 bits per heavy atom. The summed E-state index contributed by atoms with van der Waals surface area (Å²) in [5, 5.41) is 3.38. The van der Waals surface area contributed by atoms with Gasteiger partial charge in [0.1, 0.15) is 0 Å². The van der Waals surface area contributed by atoms with E-state index in [-0.39, 0.29) is 0 Å². The van der Waals surface area contributed by atoms with Gasteiger partial charge < -0.3 is 5.32 Å². The summed E-state index contributed by atoms with van der Waals surface area (Å²) in [5.41, 5.74) is 6.65. The molecule has 2 aromatic rings. The molecule has 0 fully saturated rings. The van der Waals surface area contributed by atoms with E-state index in [9.17, 15) is 0 Å². The molecule has 0 heterocycles. The predicted molar refractivity (Wildman–Crippen MR) is 92.5 cm³/mol. The van der Waals surface area contributed by atoms with Crippen LogP contribution in [-0.4, -0.2) is 5.71 Å². The topological polar surface area (TPSA) is 24.4 Å². The van der Waals surface area contributed by atoms with Gasteiger partial charge in [0.05, 0.1) is 5.69 Å². The zero-order valence-corrected chi connectivity index (χ0v) is 13.1. The van der Waals surface area contributed by atoms with Crippen LogP contribution in [0.4, 0.5) is 11.4 Å². The minimum absolute atomic E-state index is 0.982. The average Bonchev–Trinajstić information content (AvgIpc) is 2.44. The van der Waals surface area contributed by atoms with Crippen molar-refractivity contribution in [3.05, 3.63) is 71.4 Å². The van der Waals surface area contributed by atoms with Crippen molar-refractivity contribution in [1.82, 2.24) is 0 Å². The average molecular weight is 278 g/mol. The number of benzene rings is 2. The third-order valence-electron chi connectivity index (χ3n) is 3.16. The summed E-state index contributed by atoms with van der Waals surface area (Å²) in [4.78, 5) is 4.60. The summed E-state index contributed by atoms with van der Waals surface area (Å²) < 4.78 is 0. The Labute approximate surface area is 127 Å². The number of nitrogens with one attached hydrogen (secondary N) is 1. The van der Waals surface area contributed by atoms with Gasteiger partial charge in [-0.25, -0.2) is 0 Å². The molecule has 0 saturated carbocycles. The maximum Gasteiger partial charge on any atom is 0.0633 e. The van der Waals surface area contributed by atoms with Crippen LogP contribution in [0.3, 0.4) is 0 Å². The molecule has 0 aliphatic rings. The Morgan fingerprint density at radius 2 is 1.38 bits per heavy atom. The highest BCUT2D eigenvalue weighted by molar-refractivity contribution is 5.95. The highest BCUT2D eigenvalue weighted by Crippen LogP contribution is 2.14. The third kappa shape index (κ3) is 4.92. The molecule has 0 amide bonds. The number of aliphatic imine (C=N–C) groups is 1. The van der Waals surface area contributed by atoms with E-state index in [4.69, 9.17) is 0 Å². The fourth-order valence-corrected chi connectivity index (χ4v) is 2.07. The van der Waals surface area contributed by atoms with Gasteiger partial charge in [-0.05, 0) is 58.0 Å². The zero-order valence-electron chi connectivity index (χ0n) is 13.1. The van der Waals surface area contributed by atoms with Gasteiger partial charge in [-0.1, -0.05) is 35.4 Å². The number of allylic oxidation sites excluding steroid dienone is 2. The monoisotopic (exact) mass is 278 g/mol. The summed E-state index contributed by atoms with van der Waals surface area (Å²) in [6.07, 6.45) is 2.06. The van der Waals surface area contributed by atoms with Gasteiger partial charge in [0.15, 0.2) is 0 Å². The van der Waals surface area contributed by atoms with Crippen molar-refractivity contribution in [1.29, 1.82) is 0 Å². The molecule has 1 N–H and O–H groups in total. The van der Waals surface area contributed by atoms with Crippen molar-refractivity contribution >= 4 is 17.1 Å². The molecule has 0 aromatic heterocycles. The molecule has 0 aliphatic heterocycles. The number of rotatable bonds is 4. The number of nitrogens with zero attached hydrogens (tertiary/aromatic N) is 1. The Bertz CT molecular complexity index is 647. The summed E-state index contributed by atoms with van der Waals surface area (Å²) in [5.74, 6) is 0. The highest BCUT2D eigenvalue weighted by Gasteiger charge is 1.95. The first-order chi connectivity index (χ1) is 10.0. The molecule has 2 nitrogen and oxygen atoms in total. The predicted octanol–water partition coefficient (Wildman–Crippen LogP) is 5.41. The number of aryl methyl sites for hydroxylation is 2. The summed E-state index contributed by atoms with van der Waals surface area (Å²) in [7, 11) is 0. The molecular weight excluding hydrogens is 256 g/mol. The number of hydrogen-bond donors (Lipinski definition) is 1. The molecule has 2 rings (SSSR count). The van der Waals surface area contributed by atoms with Gasteiger partial charge in [0, 0.05) is 17.1 Å². The van der Waals surface area contributed by atoms with Crippen molar-refractivity contribution in [2.75, 3.05) is 5.32 Å². The smallest absolute Gasteiger partial charge is 0.0633 e. The first-order valence-corrected chi connectivity index (χ1v) is 7.17. The van der Waals surface area contributed by atoms with E-state index >= 15 is 0 Å². The van der Waals surface area contributed by atoms with Crippen LogP contribution in [0, 0.1) is 13.8 Å². The van der Waals surface area contributed by atoms with E-state index in [1.54, 1.807) is 0 Å². The molecule has 0 aliphatic carbocycles. The van der Waals surface area contributed by atoms with Crippen LogP contribution in [0.2, 0.25) is 0 Å². The van der Waals surface area contributed by atoms with Crippen LogP contribution in [0.1, 0.15) is 25.0 Å².